The second kappa shape index (κ2) is 3.58. The van der Waals surface area contributed by atoms with Crippen molar-refractivity contribution < 1.29 is 26.8 Å². The van der Waals surface area contributed by atoms with E-state index in [0.29, 0.717) is 0 Å². The van der Waals surface area contributed by atoms with Crippen molar-refractivity contribution in [3.8, 4) is 0 Å². The van der Waals surface area contributed by atoms with Crippen molar-refractivity contribution >= 4 is 16.8 Å². The molecule has 90 valence electrons. The van der Waals surface area contributed by atoms with E-state index in [1.54, 1.807) is 0 Å². The van der Waals surface area contributed by atoms with Gasteiger partial charge in [-0.3, -0.25) is 4.79 Å². The molecular formula is C11H6F4O2. The van der Waals surface area contributed by atoms with Crippen LogP contribution in [0.25, 0.3) is 11.0 Å². The summed E-state index contributed by atoms with van der Waals surface area (Å²) in [6, 6.07) is 3.69. The molecule has 0 spiro atoms. The maximum atomic E-state index is 13.4. The number of fused-ring (bicyclic) bond motifs is 1. The fourth-order valence-corrected chi connectivity index (χ4v) is 1.60. The molecule has 0 N–H and O–H groups in total. The van der Waals surface area contributed by atoms with Gasteiger partial charge in [0, 0.05) is 5.56 Å². The van der Waals surface area contributed by atoms with Crippen LogP contribution in [-0.4, -0.2) is 12.0 Å². The van der Waals surface area contributed by atoms with Crippen LogP contribution in [0.5, 0.6) is 0 Å². The molecule has 0 saturated heterocycles. The number of furan rings is 1. The first-order chi connectivity index (χ1) is 7.82. The summed E-state index contributed by atoms with van der Waals surface area (Å²) in [5.41, 5.74) is -0.212. The molecule has 6 heteroatoms. The zero-order valence-electron chi connectivity index (χ0n) is 8.56. The molecule has 1 aromatic heterocycles. The third kappa shape index (κ3) is 1.79. The largest absolute Gasteiger partial charge is 0.458 e. The van der Waals surface area contributed by atoms with Gasteiger partial charge in [-0.05, 0) is 19.1 Å². The summed E-state index contributed by atoms with van der Waals surface area (Å²) in [5.74, 6) is -3.69. The summed E-state index contributed by atoms with van der Waals surface area (Å²) in [7, 11) is 0. The minimum atomic E-state index is -5.03. The molecule has 2 rings (SSSR count). The lowest BCUT2D eigenvalue weighted by atomic mass is 10.1. The van der Waals surface area contributed by atoms with Gasteiger partial charge < -0.3 is 4.42 Å². The Morgan fingerprint density at radius 3 is 2.47 bits per heavy atom. The first kappa shape index (κ1) is 11.6. The molecule has 0 atom stereocenters. The molecule has 0 radical (unpaired) electrons. The molecule has 0 bridgehead atoms. The van der Waals surface area contributed by atoms with E-state index in [2.05, 4.69) is 0 Å². The number of benzene rings is 1. The second-order valence-corrected chi connectivity index (χ2v) is 3.50. The number of alkyl halides is 3. The number of hydrogen-bond donors (Lipinski definition) is 0. The van der Waals surface area contributed by atoms with Gasteiger partial charge in [-0.25, -0.2) is 4.39 Å². The number of Topliss-reactive ketones (excluding diaryl/α,β-unsaturated/α-hetero) is 1. The Kier molecular flexibility index (Phi) is 2.45. The van der Waals surface area contributed by atoms with Crippen LogP contribution in [0, 0.1) is 12.7 Å². The highest BCUT2D eigenvalue weighted by Crippen LogP contribution is 2.31. The fourth-order valence-electron chi connectivity index (χ4n) is 1.60. The van der Waals surface area contributed by atoms with E-state index >= 15 is 0 Å². The Hall–Kier alpha value is -1.85. The van der Waals surface area contributed by atoms with Crippen LogP contribution in [0.15, 0.2) is 22.6 Å². The van der Waals surface area contributed by atoms with Crippen LogP contribution in [0.4, 0.5) is 17.6 Å². The number of rotatable bonds is 1. The van der Waals surface area contributed by atoms with Crippen LogP contribution in [0.3, 0.4) is 0 Å². The van der Waals surface area contributed by atoms with E-state index < -0.39 is 23.5 Å². The molecule has 17 heavy (non-hydrogen) atoms. The van der Waals surface area contributed by atoms with E-state index in [1.807, 2.05) is 0 Å². The Morgan fingerprint density at radius 2 is 1.94 bits per heavy atom. The fraction of sp³-hybridized carbons (Fsp3) is 0.182. The highest BCUT2D eigenvalue weighted by molar-refractivity contribution is 6.03. The summed E-state index contributed by atoms with van der Waals surface area (Å²) in [4.78, 5) is 11.0. The molecule has 0 fully saturated rings. The Bertz CT molecular complexity index is 595. The molecular weight excluding hydrogens is 240 g/mol. The minimum absolute atomic E-state index is 0.0740. The average Bonchev–Trinajstić information content (AvgIpc) is 2.55. The van der Waals surface area contributed by atoms with Gasteiger partial charge in [0.2, 0.25) is 0 Å². The van der Waals surface area contributed by atoms with Crippen LogP contribution in [-0.2, 0) is 0 Å². The summed E-state index contributed by atoms with van der Waals surface area (Å²) in [5, 5.41) is -0.0971. The van der Waals surface area contributed by atoms with Gasteiger partial charge in [-0.15, -0.1) is 0 Å². The van der Waals surface area contributed by atoms with Crippen LogP contribution >= 0.6 is 0 Å². The van der Waals surface area contributed by atoms with Crippen molar-refractivity contribution in [2.45, 2.75) is 13.1 Å². The van der Waals surface area contributed by atoms with Crippen molar-refractivity contribution in [2.24, 2.45) is 0 Å². The molecule has 2 nitrogen and oxygen atoms in total. The van der Waals surface area contributed by atoms with Crippen LogP contribution in [0.1, 0.15) is 16.1 Å². The van der Waals surface area contributed by atoms with Gasteiger partial charge in [0.05, 0.1) is 5.39 Å². The van der Waals surface area contributed by atoms with Gasteiger partial charge in [-0.2, -0.15) is 13.2 Å². The van der Waals surface area contributed by atoms with E-state index in [1.165, 1.54) is 19.1 Å². The number of hydrogen-bond acceptors (Lipinski definition) is 2. The van der Waals surface area contributed by atoms with Crippen molar-refractivity contribution in [3.05, 3.63) is 35.3 Å². The van der Waals surface area contributed by atoms with Crippen molar-refractivity contribution in [1.29, 1.82) is 0 Å². The van der Waals surface area contributed by atoms with E-state index in [4.69, 9.17) is 4.42 Å². The first-order valence-corrected chi connectivity index (χ1v) is 4.61. The van der Waals surface area contributed by atoms with Gasteiger partial charge >= 0.3 is 12.0 Å². The smallest absolute Gasteiger partial charge is 0.452 e. The number of carbonyl (C=O) groups excluding carboxylic acids is 1. The molecule has 2 aromatic rings. The van der Waals surface area contributed by atoms with Crippen molar-refractivity contribution in [1.82, 2.24) is 0 Å². The molecule has 0 unspecified atom stereocenters. The van der Waals surface area contributed by atoms with Crippen molar-refractivity contribution in [3.63, 3.8) is 0 Å². The lowest BCUT2D eigenvalue weighted by Crippen LogP contribution is -2.22. The number of halogens is 4. The third-order valence-corrected chi connectivity index (χ3v) is 2.37. The van der Waals surface area contributed by atoms with Gasteiger partial charge in [0.25, 0.3) is 0 Å². The van der Waals surface area contributed by atoms with E-state index in [9.17, 15) is 22.4 Å². The monoisotopic (exact) mass is 246 g/mol. The van der Waals surface area contributed by atoms with E-state index in [-0.39, 0.29) is 16.5 Å². The average molecular weight is 246 g/mol. The maximum absolute atomic E-state index is 13.4. The topological polar surface area (TPSA) is 30.2 Å². The summed E-state index contributed by atoms with van der Waals surface area (Å²) < 4.78 is 54.8. The summed E-state index contributed by atoms with van der Waals surface area (Å²) >= 11 is 0. The lowest BCUT2D eigenvalue weighted by molar-refractivity contribution is -0.0899. The molecule has 0 saturated carbocycles. The highest BCUT2D eigenvalue weighted by Gasteiger charge is 2.42. The van der Waals surface area contributed by atoms with E-state index in [0.717, 1.165) is 6.07 Å². The predicted octanol–water partition coefficient (Wildman–Crippen LogP) is 3.63. The molecule has 1 heterocycles. The van der Waals surface area contributed by atoms with Gasteiger partial charge in [0.1, 0.15) is 11.4 Å². The number of aryl methyl sites for hydroxylation is 1. The van der Waals surface area contributed by atoms with Gasteiger partial charge in [-0.1, -0.05) is 6.07 Å². The molecule has 0 aliphatic carbocycles. The Labute approximate surface area is 92.8 Å². The molecule has 0 aliphatic heterocycles. The van der Waals surface area contributed by atoms with Crippen LogP contribution < -0.4 is 0 Å². The third-order valence-electron chi connectivity index (χ3n) is 2.37. The van der Waals surface area contributed by atoms with Crippen molar-refractivity contribution in [2.75, 3.05) is 0 Å². The summed E-state index contributed by atoms with van der Waals surface area (Å²) in [6.07, 6.45) is -5.03. The molecule has 0 aliphatic rings. The normalized spacial score (nSPS) is 12.1. The lowest BCUT2D eigenvalue weighted by Gasteiger charge is -2.02. The second-order valence-electron chi connectivity index (χ2n) is 3.50. The SMILES string of the molecule is Cc1c(C(=O)C(F)(F)F)oc2cccc(F)c12. The van der Waals surface area contributed by atoms with Crippen LogP contribution in [0.2, 0.25) is 0 Å². The molecule has 0 amide bonds. The minimum Gasteiger partial charge on any atom is -0.452 e. The molecule has 1 aromatic carbocycles. The highest BCUT2D eigenvalue weighted by atomic mass is 19.4. The maximum Gasteiger partial charge on any atom is 0.458 e. The first-order valence-electron chi connectivity index (χ1n) is 4.61. The quantitative estimate of drug-likeness (QED) is 0.568. The number of carbonyl (C=O) groups is 1. The number of ketones is 1. The zero-order chi connectivity index (χ0) is 12.8. The standard InChI is InChI=1S/C11H6F4O2/c1-5-8-6(12)3-2-4-7(8)17-9(5)10(16)11(13,14)15/h2-4H,1H3. The Balaban J connectivity index is 2.69. The zero-order valence-corrected chi connectivity index (χ0v) is 8.56. The van der Waals surface area contributed by atoms with Gasteiger partial charge in [0.15, 0.2) is 5.76 Å². The Morgan fingerprint density at radius 1 is 1.29 bits per heavy atom. The predicted molar refractivity (Wildman–Crippen MR) is 51.3 cm³/mol. The summed E-state index contributed by atoms with van der Waals surface area (Å²) in [6.45, 7) is 1.22.